The number of carbonyl (C=O) groups excluding carboxylic acids is 2. The lowest BCUT2D eigenvalue weighted by Gasteiger charge is -2.34. The molecular weight excluding hydrogens is 370 g/mol. The van der Waals surface area contributed by atoms with E-state index in [1.54, 1.807) is 24.1 Å². The zero-order valence-corrected chi connectivity index (χ0v) is 16.7. The van der Waals surface area contributed by atoms with Gasteiger partial charge >= 0.3 is 0 Å². The molecule has 7 heteroatoms. The fraction of sp³-hybridized carbons (Fsp3) is 0.364. The van der Waals surface area contributed by atoms with Crippen LogP contribution in [0.4, 0.5) is 5.69 Å². The van der Waals surface area contributed by atoms with E-state index in [0.717, 1.165) is 18.8 Å². The van der Waals surface area contributed by atoms with Crippen LogP contribution in [0.3, 0.4) is 0 Å². The standard InChI is InChI=1S/C22H27N3O4/c1-28-19-9-5-6-10-20(19)29-17-22(27)25-15-13-24(14-16-25)12-11-21(26)23-18-7-3-2-4-8-18/h2-10H,11-17H2,1H3,(H,23,26). The normalized spacial score (nSPS) is 14.3. The van der Waals surface area contributed by atoms with Gasteiger partial charge in [-0.15, -0.1) is 0 Å². The van der Waals surface area contributed by atoms with Crippen molar-refractivity contribution in [1.29, 1.82) is 0 Å². The van der Waals surface area contributed by atoms with E-state index in [2.05, 4.69) is 10.2 Å². The van der Waals surface area contributed by atoms with Crippen molar-refractivity contribution in [3.05, 3.63) is 54.6 Å². The molecule has 1 aliphatic heterocycles. The molecule has 0 bridgehead atoms. The van der Waals surface area contributed by atoms with Gasteiger partial charge < -0.3 is 19.7 Å². The third kappa shape index (κ3) is 6.22. The van der Waals surface area contributed by atoms with Crippen molar-refractivity contribution in [2.45, 2.75) is 6.42 Å². The first-order valence-electron chi connectivity index (χ1n) is 9.76. The van der Waals surface area contributed by atoms with E-state index in [-0.39, 0.29) is 18.4 Å². The third-order valence-corrected chi connectivity index (χ3v) is 4.86. The lowest BCUT2D eigenvalue weighted by atomic mass is 10.2. The van der Waals surface area contributed by atoms with Crippen molar-refractivity contribution < 1.29 is 19.1 Å². The second-order valence-corrected chi connectivity index (χ2v) is 6.83. The number of benzene rings is 2. The molecule has 29 heavy (non-hydrogen) atoms. The van der Waals surface area contributed by atoms with Crippen LogP contribution in [0.1, 0.15) is 6.42 Å². The summed E-state index contributed by atoms with van der Waals surface area (Å²) >= 11 is 0. The summed E-state index contributed by atoms with van der Waals surface area (Å²) in [4.78, 5) is 28.5. The summed E-state index contributed by atoms with van der Waals surface area (Å²) in [6.07, 6.45) is 0.430. The monoisotopic (exact) mass is 397 g/mol. The molecule has 7 nitrogen and oxygen atoms in total. The van der Waals surface area contributed by atoms with Gasteiger partial charge in [-0.2, -0.15) is 0 Å². The number of nitrogens with zero attached hydrogens (tertiary/aromatic N) is 2. The van der Waals surface area contributed by atoms with Crippen LogP contribution in [0, 0.1) is 0 Å². The maximum absolute atomic E-state index is 12.4. The molecule has 3 rings (SSSR count). The lowest BCUT2D eigenvalue weighted by molar-refractivity contribution is -0.135. The van der Waals surface area contributed by atoms with Crippen molar-refractivity contribution in [3.8, 4) is 11.5 Å². The van der Waals surface area contributed by atoms with Gasteiger partial charge in [-0.25, -0.2) is 0 Å². The van der Waals surface area contributed by atoms with Gasteiger partial charge in [-0.3, -0.25) is 14.5 Å². The van der Waals surface area contributed by atoms with E-state index in [4.69, 9.17) is 9.47 Å². The number of hydrogen-bond donors (Lipinski definition) is 1. The molecular formula is C22H27N3O4. The first-order chi connectivity index (χ1) is 14.2. The smallest absolute Gasteiger partial charge is 0.260 e. The zero-order valence-electron chi connectivity index (χ0n) is 16.7. The molecule has 154 valence electrons. The molecule has 2 aromatic carbocycles. The summed E-state index contributed by atoms with van der Waals surface area (Å²) in [6.45, 7) is 3.43. The van der Waals surface area contributed by atoms with Gasteiger partial charge in [-0.1, -0.05) is 30.3 Å². The molecule has 1 saturated heterocycles. The minimum Gasteiger partial charge on any atom is -0.493 e. The molecule has 0 aliphatic carbocycles. The highest BCUT2D eigenvalue weighted by atomic mass is 16.5. The molecule has 2 aromatic rings. The lowest BCUT2D eigenvalue weighted by Crippen LogP contribution is -2.50. The molecule has 1 heterocycles. The number of methoxy groups -OCH3 is 1. The Labute approximate surface area is 171 Å². The number of ether oxygens (including phenoxy) is 2. The molecule has 0 spiro atoms. The Morgan fingerprint density at radius 1 is 0.931 bits per heavy atom. The van der Waals surface area contributed by atoms with Gasteiger partial charge in [0, 0.05) is 44.8 Å². The number of rotatable bonds is 8. The molecule has 1 N–H and O–H groups in total. The summed E-state index contributed by atoms with van der Waals surface area (Å²) in [5.41, 5.74) is 0.808. The van der Waals surface area contributed by atoms with Gasteiger partial charge in [0.15, 0.2) is 18.1 Å². The molecule has 1 fully saturated rings. The minimum absolute atomic E-state index is 0.0000793. The van der Waals surface area contributed by atoms with Crippen LogP contribution in [-0.2, 0) is 9.59 Å². The Bertz CT molecular complexity index is 805. The molecule has 0 saturated carbocycles. The van der Waals surface area contributed by atoms with E-state index in [1.165, 1.54) is 0 Å². The third-order valence-electron chi connectivity index (χ3n) is 4.86. The van der Waals surface area contributed by atoms with E-state index in [9.17, 15) is 9.59 Å². The second-order valence-electron chi connectivity index (χ2n) is 6.83. The summed E-state index contributed by atoms with van der Waals surface area (Å²) in [6, 6.07) is 16.7. The van der Waals surface area contributed by atoms with Crippen LogP contribution in [0.5, 0.6) is 11.5 Å². The maximum atomic E-state index is 12.4. The fourth-order valence-electron chi connectivity index (χ4n) is 3.19. The number of nitrogens with one attached hydrogen (secondary N) is 1. The van der Waals surface area contributed by atoms with E-state index in [0.29, 0.717) is 37.6 Å². The van der Waals surface area contributed by atoms with Crippen molar-refractivity contribution >= 4 is 17.5 Å². The number of hydrogen-bond acceptors (Lipinski definition) is 5. The topological polar surface area (TPSA) is 71.1 Å². The van der Waals surface area contributed by atoms with Crippen molar-refractivity contribution in [2.75, 3.05) is 51.8 Å². The number of carbonyl (C=O) groups is 2. The van der Waals surface area contributed by atoms with Crippen molar-refractivity contribution in [1.82, 2.24) is 9.80 Å². The van der Waals surface area contributed by atoms with Crippen LogP contribution in [-0.4, -0.2) is 68.1 Å². The second kappa shape index (κ2) is 10.5. The summed E-state index contributed by atoms with van der Waals surface area (Å²) < 4.78 is 10.9. The average molecular weight is 397 g/mol. The van der Waals surface area contributed by atoms with Gasteiger partial charge in [0.25, 0.3) is 5.91 Å². The van der Waals surface area contributed by atoms with E-state index < -0.39 is 0 Å². The Balaban J connectivity index is 1.36. The summed E-state index contributed by atoms with van der Waals surface area (Å²) in [5, 5.41) is 2.89. The highest BCUT2D eigenvalue weighted by Crippen LogP contribution is 2.25. The highest BCUT2D eigenvalue weighted by molar-refractivity contribution is 5.90. The molecule has 0 aromatic heterocycles. The summed E-state index contributed by atoms with van der Waals surface area (Å²) in [5.74, 6) is 1.13. The van der Waals surface area contributed by atoms with E-state index >= 15 is 0 Å². The Morgan fingerprint density at radius 2 is 1.59 bits per heavy atom. The van der Waals surface area contributed by atoms with Gasteiger partial charge in [-0.05, 0) is 24.3 Å². The number of piperazine rings is 1. The quantitative estimate of drug-likeness (QED) is 0.740. The molecule has 2 amide bonds. The van der Waals surface area contributed by atoms with Crippen LogP contribution in [0.25, 0.3) is 0 Å². The predicted molar refractivity (Wildman–Crippen MR) is 111 cm³/mol. The molecule has 0 radical (unpaired) electrons. The van der Waals surface area contributed by atoms with Crippen LogP contribution in [0.15, 0.2) is 54.6 Å². The van der Waals surface area contributed by atoms with Crippen molar-refractivity contribution in [3.63, 3.8) is 0 Å². The Hall–Kier alpha value is -3.06. The van der Waals surface area contributed by atoms with Crippen molar-refractivity contribution in [2.24, 2.45) is 0 Å². The fourth-order valence-corrected chi connectivity index (χ4v) is 3.19. The van der Waals surface area contributed by atoms with Gasteiger partial charge in [0.05, 0.1) is 7.11 Å². The maximum Gasteiger partial charge on any atom is 0.260 e. The molecule has 0 atom stereocenters. The number of anilines is 1. The first-order valence-corrected chi connectivity index (χ1v) is 9.76. The summed E-state index contributed by atoms with van der Waals surface area (Å²) in [7, 11) is 1.57. The minimum atomic E-state index is -0.0441. The first kappa shape index (κ1) is 20.7. The van der Waals surface area contributed by atoms with Crippen LogP contribution >= 0.6 is 0 Å². The van der Waals surface area contributed by atoms with Crippen LogP contribution in [0.2, 0.25) is 0 Å². The number of para-hydroxylation sites is 3. The SMILES string of the molecule is COc1ccccc1OCC(=O)N1CCN(CCC(=O)Nc2ccccc2)CC1. The van der Waals surface area contributed by atoms with Gasteiger partial charge in [0.2, 0.25) is 5.91 Å². The Kier molecular flexibility index (Phi) is 7.47. The Morgan fingerprint density at radius 3 is 2.28 bits per heavy atom. The average Bonchev–Trinajstić information content (AvgIpc) is 2.77. The number of amides is 2. The van der Waals surface area contributed by atoms with Crippen LogP contribution < -0.4 is 14.8 Å². The zero-order chi connectivity index (χ0) is 20.5. The highest BCUT2D eigenvalue weighted by Gasteiger charge is 2.22. The predicted octanol–water partition coefficient (Wildman–Crippen LogP) is 2.25. The molecule has 1 aliphatic rings. The molecule has 0 unspecified atom stereocenters. The largest absolute Gasteiger partial charge is 0.493 e. The van der Waals surface area contributed by atoms with Gasteiger partial charge in [0.1, 0.15) is 0 Å². The van der Waals surface area contributed by atoms with E-state index in [1.807, 2.05) is 42.5 Å².